The molecule has 1 heterocycles. The number of hydrogen-bond acceptors (Lipinski definition) is 4. The van der Waals surface area contributed by atoms with Crippen LogP contribution in [0.4, 0.5) is 0 Å². The number of carbonyl (C=O) groups excluding carboxylic acids is 2. The zero-order chi connectivity index (χ0) is 20.2. The third kappa shape index (κ3) is 4.40. The second kappa shape index (κ2) is 8.64. The number of rotatable bonds is 8. The second-order valence-corrected chi connectivity index (χ2v) is 10.1. The summed E-state index contributed by atoms with van der Waals surface area (Å²) in [6, 6.07) is 8.42. The van der Waals surface area contributed by atoms with E-state index in [0.29, 0.717) is 13.0 Å². The quantitative estimate of drug-likeness (QED) is 0.719. The van der Waals surface area contributed by atoms with Crippen molar-refractivity contribution in [3.8, 4) is 0 Å². The molecule has 0 spiro atoms. The zero-order valence-electron chi connectivity index (χ0n) is 16.5. The van der Waals surface area contributed by atoms with E-state index in [4.69, 9.17) is 0 Å². The van der Waals surface area contributed by atoms with E-state index in [-0.39, 0.29) is 40.3 Å². The van der Waals surface area contributed by atoms with Gasteiger partial charge in [0.1, 0.15) is 0 Å². The van der Waals surface area contributed by atoms with Gasteiger partial charge < -0.3 is 10.2 Å². The fourth-order valence-electron chi connectivity index (χ4n) is 4.72. The molecule has 0 unspecified atom stereocenters. The third-order valence-electron chi connectivity index (χ3n) is 6.19. The summed E-state index contributed by atoms with van der Waals surface area (Å²) < 4.78 is 24.7. The summed E-state index contributed by atoms with van der Waals surface area (Å²) in [5, 5.41) is 2.97. The Hall–Kier alpha value is -1.89. The molecule has 2 fully saturated rings. The number of amides is 2. The predicted octanol–water partition coefficient (Wildman–Crippen LogP) is 2.54. The summed E-state index contributed by atoms with van der Waals surface area (Å²) in [5.41, 5.74) is -0.0585. The fraction of sp³-hybridized carbons (Fsp3) is 0.619. The van der Waals surface area contributed by atoms with Gasteiger partial charge in [-0.25, -0.2) is 8.42 Å². The summed E-state index contributed by atoms with van der Waals surface area (Å²) in [4.78, 5) is 27.0. The monoisotopic (exact) mass is 406 g/mol. The van der Waals surface area contributed by atoms with Crippen molar-refractivity contribution in [3.63, 3.8) is 0 Å². The summed E-state index contributed by atoms with van der Waals surface area (Å²) >= 11 is 0. The van der Waals surface area contributed by atoms with Crippen LogP contribution in [0.25, 0.3) is 0 Å². The number of benzene rings is 1. The van der Waals surface area contributed by atoms with Crippen LogP contribution in [0.15, 0.2) is 35.2 Å². The Morgan fingerprint density at radius 3 is 2.71 bits per heavy atom. The van der Waals surface area contributed by atoms with Gasteiger partial charge in [0.05, 0.1) is 10.6 Å². The third-order valence-corrected chi connectivity index (χ3v) is 7.93. The number of likely N-dealkylation sites (tertiary alicyclic amines) is 1. The topological polar surface area (TPSA) is 83.6 Å². The van der Waals surface area contributed by atoms with Crippen LogP contribution >= 0.6 is 0 Å². The molecule has 6 nitrogen and oxygen atoms in total. The Kier molecular flexibility index (Phi) is 6.43. The maximum absolute atomic E-state index is 12.4. The Morgan fingerprint density at radius 2 is 2.00 bits per heavy atom. The number of fused-ring (bicyclic) bond motifs is 1. The van der Waals surface area contributed by atoms with E-state index in [1.54, 1.807) is 30.3 Å². The van der Waals surface area contributed by atoms with Crippen LogP contribution in [0.5, 0.6) is 0 Å². The van der Waals surface area contributed by atoms with Gasteiger partial charge in [0.15, 0.2) is 9.84 Å². The van der Waals surface area contributed by atoms with Gasteiger partial charge in [0, 0.05) is 37.4 Å². The minimum atomic E-state index is -3.45. The molecule has 0 aromatic heterocycles. The summed E-state index contributed by atoms with van der Waals surface area (Å²) in [6.45, 7) is 3.37. The van der Waals surface area contributed by atoms with Crippen LogP contribution in [0.1, 0.15) is 51.9 Å². The van der Waals surface area contributed by atoms with Crippen molar-refractivity contribution in [3.05, 3.63) is 30.3 Å². The smallest absolute Gasteiger partial charge is 0.222 e. The minimum absolute atomic E-state index is 0.0461. The molecule has 1 saturated carbocycles. The van der Waals surface area contributed by atoms with Gasteiger partial charge in [-0.2, -0.15) is 0 Å². The lowest BCUT2D eigenvalue weighted by molar-refractivity contribution is -0.141. The lowest BCUT2D eigenvalue weighted by Gasteiger charge is -2.46. The molecule has 1 N–H and O–H groups in total. The van der Waals surface area contributed by atoms with Crippen LogP contribution in [-0.2, 0) is 19.4 Å². The summed E-state index contributed by atoms with van der Waals surface area (Å²) in [5.74, 6) is -0.206. The number of carbonyl (C=O) groups is 2. The highest BCUT2D eigenvalue weighted by Crippen LogP contribution is 2.47. The number of hydrogen-bond donors (Lipinski definition) is 1. The molecule has 0 bridgehead atoms. The van der Waals surface area contributed by atoms with E-state index < -0.39 is 9.84 Å². The first kappa shape index (κ1) is 20.8. The first-order valence-corrected chi connectivity index (χ1v) is 11.9. The number of nitrogens with one attached hydrogen (secondary N) is 1. The molecule has 0 radical (unpaired) electrons. The van der Waals surface area contributed by atoms with Gasteiger partial charge in [-0.3, -0.25) is 9.59 Å². The molecular weight excluding hydrogens is 376 g/mol. The number of sulfone groups is 1. The average molecular weight is 407 g/mol. The maximum atomic E-state index is 12.4. The predicted molar refractivity (Wildman–Crippen MR) is 107 cm³/mol. The van der Waals surface area contributed by atoms with Crippen molar-refractivity contribution in [1.29, 1.82) is 0 Å². The highest BCUT2D eigenvalue weighted by atomic mass is 32.2. The van der Waals surface area contributed by atoms with E-state index in [2.05, 4.69) is 12.2 Å². The molecule has 2 aliphatic rings. The second-order valence-electron chi connectivity index (χ2n) is 8.02. The highest BCUT2D eigenvalue weighted by molar-refractivity contribution is 7.91. The molecule has 1 aromatic rings. The Labute approximate surface area is 167 Å². The lowest BCUT2D eigenvalue weighted by atomic mass is 9.74. The molecular formula is C21H30N2O4S. The van der Waals surface area contributed by atoms with Crippen LogP contribution < -0.4 is 5.32 Å². The fourth-order valence-corrected chi connectivity index (χ4v) is 5.99. The maximum Gasteiger partial charge on any atom is 0.222 e. The Morgan fingerprint density at radius 1 is 1.25 bits per heavy atom. The molecule has 2 atom stereocenters. The first-order valence-electron chi connectivity index (χ1n) is 10.2. The van der Waals surface area contributed by atoms with E-state index in [1.165, 1.54) is 0 Å². The van der Waals surface area contributed by atoms with E-state index in [1.807, 2.05) is 4.90 Å². The Bertz CT molecular complexity index is 809. The van der Waals surface area contributed by atoms with Crippen molar-refractivity contribution >= 4 is 21.7 Å². The highest BCUT2D eigenvalue weighted by Gasteiger charge is 2.49. The largest absolute Gasteiger partial charge is 0.355 e. The molecule has 3 rings (SSSR count). The van der Waals surface area contributed by atoms with E-state index in [0.717, 1.165) is 38.6 Å². The lowest BCUT2D eigenvalue weighted by Crippen LogP contribution is -2.56. The molecule has 1 aliphatic carbocycles. The van der Waals surface area contributed by atoms with E-state index in [9.17, 15) is 18.0 Å². The molecule has 28 heavy (non-hydrogen) atoms. The molecule has 1 saturated heterocycles. The van der Waals surface area contributed by atoms with Gasteiger partial charge in [0.2, 0.25) is 11.8 Å². The van der Waals surface area contributed by atoms with Gasteiger partial charge >= 0.3 is 0 Å². The van der Waals surface area contributed by atoms with Gasteiger partial charge in [-0.05, 0) is 37.8 Å². The first-order chi connectivity index (χ1) is 13.4. The van der Waals surface area contributed by atoms with Crippen molar-refractivity contribution in [2.24, 2.45) is 5.41 Å². The number of nitrogens with zero attached hydrogens (tertiary/aromatic N) is 1. The Balaban J connectivity index is 1.57. The van der Waals surface area contributed by atoms with Crippen LogP contribution in [0, 0.1) is 5.41 Å². The molecule has 154 valence electrons. The summed E-state index contributed by atoms with van der Waals surface area (Å²) in [6.07, 6.45) is 5.29. The van der Waals surface area contributed by atoms with Crippen LogP contribution in [0.3, 0.4) is 0 Å². The van der Waals surface area contributed by atoms with Crippen LogP contribution in [-0.4, -0.2) is 50.0 Å². The van der Waals surface area contributed by atoms with Crippen molar-refractivity contribution < 1.29 is 18.0 Å². The number of piperidine rings is 1. The molecule has 1 aromatic carbocycles. The van der Waals surface area contributed by atoms with Crippen molar-refractivity contribution in [2.45, 2.75) is 62.8 Å². The molecule has 2 amide bonds. The van der Waals surface area contributed by atoms with Gasteiger partial charge in [-0.15, -0.1) is 0 Å². The standard InChI is InChI=1S/C21H30N2O4S/c1-2-14-23-18-9-6-12-21(18,13-10-20(23)25)16-22-19(24)11-15-28(26,27)17-7-4-3-5-8-17/h3-5,7-8,18H,2,6,9-16H2,1H3,(H,22,24)/t18-,21+/m1/s1. The van der Waals surface area contributed by atoms with Crippen molar-refractivity contribution in [1.82, 2.24) is 10.2 Å². The van der Waals surface area contributed by atoms with Crippen molar-refractivity contribution in [2.75, 3.05) is 18.8 Å². The SMILES string of the molecule is CCCN1C(=O)CC[C@]2(CNC(=O)CCS(=O)(=O)c3ccccc3)CCC[C@@H]12. The normalized spacial score (nSPS) is 24.8. The van der Waals surface area contributed by atoms with Crippen LogP contribution in [0.2, 0.25) is 0 Å². The average Bonchev–Trinajstić information content (AvgIpc) is 3.12. The molecule has 1 aliphatic heterocycles. The molecule has 7 heteroatoms. The van der Waals surface area contributed by atoms with Gasteiger partial charge in [-0.1, -0.05) is 31.5 Å². The zero-order valence-corrected chi connectivity index (χ0v) is 17.3. The minimum Gasteiger partial charge on any atom is -0.355 e. The van der Waals surface area contributed by atoms with Gasteiger partial charge in [0.25, 0.3) is 0 Å². The summed E-state index contributed by atoms with van der Waals surface area (Å²) in [7, 11) is -3.45. The van der Waals surface area contributed by atoms with E-state index >= 15 is 0 Å².